The van der Waals surface area contributed by atoms with Gasteiger partial charge in [0.2, 0.25) is 0 Å². The Balaban J connectivity index is 1.38. The van der Waals surface area contributed by atoms with E-state index in [1.165, 1.54) is 12.8 Å². The van der Waals surface area contributed by atoms with E-state index in [4.69, 9.17) is 9.84 Å². The molecule has 1 aliphatic carbocycles. The zero-order valence-corrected chi connectivity index (χ0v) is 19.5. The van der Waals surface area contributed by atoms with Crippen LogP contribution < -0.4 is 4.74 Å². The molecule has 0 spiro atoms. The van der Waals surface area contributed by atoms with Gasteiger partial charge >= 0.3 is 5.97 Å². The van der Waals surface area contributed by atoms with E-state index in [9.17, 15) is 9.59 Å². The van der Waals surface area contributed by atoms with Crippen LogP contribution in [0.3, 0.4) is 0 Å². The number of carboxylic acids is 1. The number of benzene rings is 2. The molecule has 5 heteroatoms. The molecule has 1 heterocycles. The highest BCUT2D eigenvalue weighted by atomic mass is 16.5. The van der Waals surface area contributed by atoms with E-state index in [2.05, 4.69) is 26.8 Å². The third-order valence-electron chi connectivity index (χ3n) is 7.39. The normalized spacial score (nSPS) is 22.7. The molecule has 1 N–H and O–H groups in total. The number of fused-ring (bicyclic) bond motifs is 1. The number of aliphatic carboxylic acids is 1. The molecule has 1 saturated heterocycles. The second-order valence-electron chi connectivity index (χ2n) is 10.6. The van der Waals surface area contributed by atoms with Gasteiger partial charge in [-0.3, -0.25) is 9.59 Å². The number of carbonyl (C=O) groups is 2. The molecule has 2 aliphatic rings. The molecule has 0 aromatic heterocycles. The van der Waals surface area contributed by atoms with Gasteiger partial charge in [0.15, 0.2) is 0 Å². The predicted molar refractivity (Wildman–Crippen MR) is 126 cm³/mol. The van der Waals surface area contributed by atoms with Crippen LogP contribution in [0.5, 0.6) is 5.75 Å². The highest BCUT2D eigenvalue weighted by Gasteiger charge is 2.30. The lowest BCUT2D eigenvalue weighted by Crippen LogP contribution is -2.40. The molecular weight excluding hydrogens is 402 g/mol. The van der Waals surface area contributed by atoms with Gasteiger partial charge in [-0.2, -0.15) is 0 Å². The number of ether oxygens (including phenoxy) is 1. The van der Waals surface area contributed by atoms with Gasteiger partial charge in [-0.25, -0.2) is 0 Å². The SMILES string of the molecule is CC(C)(C)C1CCC(Oc2ccc3cc(C(=O)N4CCC(C(=O)O)CC4)ccc3c2)CC1. The van der Waals surface area contributed by atoms with Gasteiger partial charge in [0.1, 0.15) is 5.75 Å². The van der Waals surface area contributed by atoms with Crippen molar-refractivity contribution < 1.29 is 19.4 Å². The summed E-state index contributed by atoms with van der Waals surface area (Å²) < 4.78 is 6.30. The van der Waals surface area contributed by atoms with Crippen LogP contribution in [0.4, 0.5) is 0 Å². The number of hydrogen-bond donors (Lipinski definition) is 1. The maximum atomic E-state index is 12.9. The van der Waals surface area contributed by atoms with Gasteiger partial charge < -0.3 is 14.7 Å². The summed E-state index contributed by atoms with van der Waals surface area (Å²) >= 11 is 0. The third kappa shape index (κ3) is 5.08. The summed E-state index contributed by atoms with van der Waals surface area (Å²) in [5.41, 5.74) is 1.02. The molecule has 32 heavy (non-hydrogen) atoms. The van der Waals surface area contributed by atoms with Crippen LogP contribution in [0, 0.1) is 17.3 Å². The highest BCUT2D eigenvalue weighted by molar-refractivity contribution is 5.99. The average Bonchev–Trinajstić information content (AvgIpc) is 2.78. The fourth-order valence-electron chi connectivity index (χ4n) is 5.18. The summed E-state index contributed by atoms with van der Waals surface area (Å²) in [5, 5.41) is 11.2. The van der Waals surface area contributed by atoms with E-state index >= 15 is 0 Å². The van der Waals surface area contributed by atoms with E-state index < -0.39 is 5.97 Å². The number of likely N-dealkylation sites (tertiary alicyclic amines) is 1. The van der Waals surface area contributed by atoms with Crippen molar-refractivity contribution in [3.05, 3.63) is 42.0 Å². The lowest BCUT2D eigenvalue weighted by molar-refractivity contribution is -0.143. The van der Waals surface area contributed by atoms with Crippen molar-refractivity contribution in [1.29, 1.82) is 0 Å². The van der Waals surface area contributed by atoms with Gasteiger partial charge in [-0.05, 0) is 84.9 Å². The molecule has 2 aromatic carbocycles. The molecule has 1 saturated carbocycles. The fraction of sp³-hybridized carbons (Fsp3) is 0.556. The van der Waals surface area contributed by atoms with Crippen LogP contribution in [0.15, 0.2) is 36.4 Å². The van der Waals surface area contributed by atoms with E-state index in [-0.39, 0.29) is 17.9 Å². The van der Waals surface area contributed by atoms with Gasteiger partial charge in [-0.15, -0.1) is 0 Å². The maximum absolute atomic E-state index is 12.9. The molecule has 0 unspecified atom stereocenters. The first kappa shape index (κ1) is 22.6. The minimum absolute atomic E-state index is 0.0216. The molecule has 5 nitrogen and oxygen atoms in total. The number of amides is 1. The Bertz CT molecular complexity index is 977. The first-order valence-corrected chi connectivity index (χ1v) is 11.9. The van der Waals surface area contributed by atoms with Crippen LogP contribution in [0.2, 0.25) is 0 Å². The largest absolute Gasteiger partial charge is 0.490 e. The number of carboxylic acid groups (broad SMARTS) is 1. The van der Waals surface area contributed by atoms with E-state index in [1.807, 2.05) is 30.3 Å². The van der Waals surface area contributed by atoms with Gasteiger partial charge in [-0.1, -0.05) is 32.9 Å². The molecular formula is C27H35NO4. The van der Waals surface area contributed by atoms with Gasteiger partial charge in [0, 0.05) is 18.7 Å². The molecule has 2 aromatic rings. The topological polar surface area (TPSA) is 66.8 Å². The number of nitrogens with zero attached hydrogens (tertiary/aromatic N) is 1. The first-order chi connectivity index (χ1) is 15.2. The lowest BCUT2D eigenvalue weighted by Gasteiger charge is -2.37. The summed E-state index contributed by atoms with van der Waals surface area (Å²) in [7, 11) is 0. The molecule has 0 bridgehead atoms. The monoisotopic (exact) mass is 437 g/mol. The quantitative estimate of drug-likeness (QED) is 0.660. The molecule has 0 atom stereocenters. The second-order valence-corrected chi connectivity index (χ2v) is 10.6. The number of hydrogen-bond acceptors (Lipinski definition) is 3. The molecule has 1 amide bonds. The predicted octanol–water partition coefficient (Wildman–Crippen LogP) is 5.76. The standard InChI is InChI=1S/C27H35NO4/c1-27(2,3)22-7-10-23(11-8-22)32-24-9-6-19-16-21(5-4-20(19)17-24)25(29)28-14-12-18(13-15-28)26(30)31/h4-6,9,16-18,22-23H,7-8,10-15H2,1-3H3,(H,30,31). The first-order valence-electron chi connectivity index (χ1n) is 11.9. The molecule has 0 radical (unpaired) electrons. The average molecular weight is 438 g/mol. The van der Waals surface area contributed by atoms with Crippen LogP contribution in [0.1, 0.15) is 69.7 Å². The molecule has 4 rings (SSSR count). The van der Waals surface area contributed by atoms with E-state index in [0.29, 0.717) is 36.9 Å². The summed E-state index contributed by atoms with van der Waals surface area (Å²) in [6, 6.07) is 11.9. The van der Waals surface area contributed by atoms with Gasteiger partial charge in [0.25, 0.3) is 5.91 Å². The number of piperidine rings is 1. The lowest BCUT2D eigenvalue weighted by atomic mass is 9.72. The van der Waals surface area contributed by atoms with Gasteiger partial charge in [0.05, 0.1) is 12.0 Å². The number of carbonyl (C=O) groups excluding carboxylic acids is 1. The number of rotatable bonds is 4. The van der Waals surface area contributed by atoms with Crippen molar-refractivity contribution in [2.75, 3.05) is 13.1 Å². The van der Waals surface area contributed by atoms with Crippen molar-refractivity contribution in [2.24, 2.45) is 17.3 Å². The Labute approximate surface area is 190 Å². The second kappa shape index (κ2) is 9.13. The zero-order chi connectivity index (χ0) is 22.9. The zero-order valence-electron chi connectivity index (χ0n) is 19.5. The molecule has 172 valence electrons. The summed E-state index contributed by atoms with van der Waals surface area (Å²) in [4.78, 5) is 25.8. The van der Waals surface area contributed by atoms with Crippen molar-refractivity contribution >= 4 is 22.6 Å². The van der Waals surface area contributed by atoms with Crippen molar-refractivity contribution in [3.8, 4) is 5.75 Å². The van der Waals surface area contributed by atoms with Crippen LogP contribution in [-0.2, 0) is 4.79 Å². The van der Waals surface area contributed by atoms with Crippen molar-refractivity contribution in [3.63, 3.8) is 0 Å². The Kier molecular flexibility index (Phi) is 6.45. The van der Waals surface area contributed by atoms with Crippen LogP contribution in [0.25, 0.3) is 10.8 Å². The van der Waals surface area contributed by atoms with E-state index in [0.717, 1.165) is 35.3 Å². The van der Waals surface area contributed by atoms with Crippen LogP contribution >= 0.6 is 0 Å². The van der Waals surface area contributed by atoms with Crippen molar-refractivity contribution in [2.45, 2.75) is 65.4 Å². The Morgan fingerprint density at radius 1 is 0.906 bits per heavy atom. The maximum Gasteiger partial charge on any atom is 0.306 e. The minimum Gasteiger partial charge on any atom is -0.490 e. The Morgan fingerprint density at radius 2 is 1.53 bits per heavy atom. The van der Waals surface area contributed by atoms with Crippen molar-refractivity contribution in [1.82, 2.24) is 4.90 Å². The highest BCUT2D eigenvalue weighted by Crippen LogP contribution is 2.39. The smallest absolute Gasteiger partial charge is 0.306 e. The molecule has 1 aliphatic heterocycles. The fourth-order valence-corrected chi connectivity index (χ4v) is 5.18. The Morgan fingerprint density at radius 3 is 2.16 bits per heavy atom. The summed E-state index contributed by atoms with van der Waals surface area (Å²) in [6.45, 7) is 7.99. The van der Waals surface area contributed by atoms with E-state index in [1.54, 1.807) is 4.90 Å². The summed E-state index contributed by atoms with van der Waals surface area (Å²) in [5.74, 6) is 0.545. The Hall–Kier alpha value is -2.56. The summed E-state index contributed by atoms with van der Waals surface area (Å²) in [6.07, 6.45) is 5.96. The molecule has 2 fully saturated rings. The third-order valence-corrected chi connectivity index (χ3v) is 7.39. The minimum atomic E-state index is -0.761. The van der Waals surface area contributed by atoms with Crippen LogP contribution in [-0.4, -0.2) is 41.1 Å².